The number of halogens is 2. The highest BCUT2D eigenvalue weighted by Crippen LogP contribution is 2.34. The van der Waals surface area contributed by atoms with Gasteiger partial charge in [0.2, 0.25) is 5.24 Å². The van der Waals surface area contributed by atoms with E-state index in [0.717, 1.165) is 43.5 Å². The quantitative estimate of drug-likeness (QED) is 0.412. The molecule has 2 aliphatic rings. The van der Waals surface area contributed by atoms with Gasteiger partial charge in [-0.2, -0.15) is 0 Å². The molecular weight excluding hydrogens is 401 g/mol. The minimum absolute atomic E-state index is 0.194. The van der Waals surface area contributed by atoms with Crippen LogP contribution in [0.3, 0.4) is 0 Å². The Balaban J connectivity index is 1.34. The lowest BCUT2D eigenvalue weighted by Gasteiger charge is -2.35. The van der Waals surface area contributed by atoms with Gasteiger partial charge in [-0.1, -0.05) is 18.2 Å². The van der Waals surface area contributed by atoms with Crippen LogP contribution in [0.15, 0.2) is 60.3 Å². The maximum atomic E-state index is 13.2. The summed E-state index contributed by atoms with van der Waals surface area (Å²) >= 11 is 5.64. The van der Waals surface area contributed by atoms with E-state index in [1.54, 1.807) is 12.1 Å². The summed E-state index contributed by atoms with van der Waals surface area (Å²) in [6, 6.07) is 12.7. The van der Waals surface area contributed by atoms with Crippen LogP contribution in [-0.4, -0.2) is 29.3 Å². The van der Waals surface area contributed by atoms with Gasteiger partial charge in [-0.05, 0) is 109 Å². The topological polar surface area (TPSA) is 29.5 Å². The zero-order valence-corrected chi connectivity index (χ0v) is 17.8. The van der Waals surface area contributed by atoms with E-state index < -0.39 is 0 Å². The normalized spacial score (nSPS) is 17.6. The molecule has 0 bridgehead atoms. The van der Waals surface area contributed by atoms with Gasteiger partial charge in [0.1, 0.15) is 17.6 Å². The predicted molar refractivity (Wildman–Crippen MR) is 118 cm³/mol. The molecule has 1 atom stereocenters. The Labute approximate surface area is 181 Å². The van der Waals surface area contributed by atoms with Gasteiger partial charge in [-0.15, -0.1) is 0 Å². The van der Waals surface area contributed by atoms with Crippen molar-refractivity contribution in [2.75, 3.05) is 13.2 Å². The molecule has 156 valence electrons. The molecule has 2 aromatic carbocycles. The zero-order valence-electron chi connectivity index (χ0n) is 17.0. The largest absolute Gasteiger partial charge is 0.494 e. The average Bonchev–Trinajstić information content (AvgIpc) is 2.69. The van der Waals surface area contributed by atoms with Crippen LogP contribution >= 0.6 is 11.6 Å². The van der Waals surface area contributed by atoms with E-state index in [9.17, 15) is 9.18 Å². The minimum atomic E-state index is -0.328. The third-order valence-corrected chi connectivity index (χ3v) is 6.12. The Kier molecular flexibility index (Phi) is 6.24. The molecule has 2 aromatic rings. The number of benzene rings is 2. The average molecular weight is 426 g/mol. The van der Waals surface area contributed by atoms with E-state index in [4.69, 9.17) is 16.3 Å². The van der Waals surface area contributed by atoms with Crippen LogP contribution in [0.5, 0.6) is 5.75 Å². The van der Waals surface area contributed by atoms with E-state index >= 15 is 0 Å². The second kappa shape index (κ2) is 9.05. The Morgan fingerprint density at radius 1 is 1.23 bits per heavy atom. The van der Waals surface area contributed by atoms with E-state index in [0.29, 0.717) is 6.61 Å². The van der Waals surface area contributed by atoms with Crippen LogP contribution in [0.1, 0.15) is 36.5 Å². The SMILES string of the molecule is CC1=C(CN2C=CC2C(=O)Cl)CCc2cc(OCCCc3cccc(F)c3)ccc21. The lowest BCUT2D eigenvalue weighted by Crippen LogP contribution is -2.42. The molecule has 1 heterocycles. The molecule has 5 heteroatoms. The molecule has 0 saturated carbocycles. The Hall–Kier alpha value is -2.59. The van der Waals surface area contributed by atoms with Gasteiger partial charge in [0.15, 0.2) is 0 Å². The first-order chi connectivity index (χ1) is 14.5. The second-order valence-corrected chi connectivity index (χ2v) is 8.26. The molecule has 3 nitrogen and oxygen atoms in total. The molecule has 0 N–H and O–H groups in total. The predicted octanol–water partition coefficient (Wildman–Crippen LogP) is 5.52. The van der Waals surface area contributed by atoms with Crippen molar-refractivity contribution in [2.24, 2.45) is 0 Å². The van der Waals surface area contributed by atoms with Gasteiger partial charge in [0, 0.05) is 6.54 Å². The summed E-state index contributed by atoms with van der Waals surface area (Å²) in [5.41, 5.74) is 6.16. The van der Waals surface area contributed by atoms with E-state index in [1.165, 1.54) is 28.3 Å². The third-order valence-electron chi connectivity index (χ3n) is 5.90. The van der Waals surface area contributed by atoms with Gasteiger partial charge < -0.3 is 9.64 Å². The monoisotopic (exact) mass is 425 g/mol. The molecule has 1 unspecified atom stereocenters. The van der Waals surface area contributed by atoms with Crippen molar-refractivity contribution in [3.63, 3.8) is 0 Å². The van der Waals surface area contributed by atoms with Crippen LogP contribution in [0.2, 0.25) is 0 Å². The first-order valence-corrected chi connectivity index (χ1v) is 10.7. The molecule has 0 saturated heterocycles. The summed E-state index contributed by atoms with van der Waals surface area (Å²) in [6.07, 6.45) is 7.33. The lowest BCUT2D eigenvalue weighted by atomic mass is 9.85. The molecular formula is C25H25ClFNO2. The molecule has 0 spiro atoms. The van der Waals surface area contributed by atoms with Crippen LogP contribution < -0.4 is 4.74 Å². The number of ether oxygens (including phenoxy) is 1. The van der Waals surface area contributed by atoms with Crippen molar-refractivity contribution in [3.8, 4) is 5.75 Å². The minimum Gasteiger partial charge on any atom is -0.494 e. The van der Waals surface area contributed by atoms with Gasteiger partial charge in [0.25, 0.3) is 0 Å². The van der Waals surface area contributed by atoms with Crippen molar-refractivity contribution >= 4 is 22.4 Å². The fourth-order valence-electron chi connectivity index (χ4n) is 4.12. The van der Waals surface area contributed by atoms with E-state index in [-0.39, 0.29) is 17.1 Å². The summed E-state index contributed by atoms with van der Waals surface area (Å²) in [6.45, 7) is 3.49. The molecule has 1 aliphatic heterocycles. The second-order valence-electron chi connectivity index (χ2n) is 7.89. The van der Waals surface area contributed by atoms with Crippen molar-refractivity contribution in [1.82, 2.24) is 4.90 Å². The maximum absolute atomic E-state index is 13.2. The summed E-state index contributed by atoms with van der Waals surface area (Å²) in [5.74, 6) is 0.684. The standard InChI is InChI=1S/C25H25ClFNO2/c1-17-20(16-28-12-11-24(28)25(26)29)8-7-19-15-22(9-10-23(17)19)30-13-3-5-18-4-2-6-21(27)14-18/h2,4,6,9-12,14-15,24H,3,5,7-8,13,16H2,1H3. The molecule has 0 fully saturated rings. The van der Waals surface area contributed by atoms with E-state index in [2.05, 4.69) is 19.1 Å². The summed E-state index contributed by atoms with van der Waals surface area (Å²) in [7, 11) is 0. The number of carbonyl (C=O) groups excluding carboxylic acids is 1. The van der Waals surface area contributed by atoms with Gasteiger partial charge in [-0.3, -0.25) is 4.79 Å². The fourth-order valence-corrected chi connectivity index (χ4v) is 4.32. The number of hydrogen-bond donors (Lipinski definition) is 0. The van der Waals surface area contributed by atoms with Crippen molar-refractivity contribution in [3.05, 3.63) is 82.8 Å². The van der Waals surface area contributed by atoms with Crippen molar-refractivity contribution in [2.45, 2.75) is 38.6 Å². The van der Waals surface area contributed by atoms with Gasteiger partial charge in [0.05, 0.1) is 6.61 Å². The molecule has 0 amide bonds. The molecule has 4 rings (SSSR count). The fraction of sp³-hybridized carbons (Fsp3) is 0.320. The Bertz CT molecular complexity index is 1010. The summed E-state index contributed by atoms with van der Waals surface area (Å²) in [5, 5.41) is -0.328. The molecule has 0 radical (unpaired) electrons. The number of hydrogen-bond acceptors (Lipinski definition) is 3. The van der Waals surface area contributed by atoms with E-state index in [1.807, 2.05) is 29.3 Å². The number of nitrogens with zero attached hydrogens (tertiary/aromatic N) is 1. The number of carbonyl (C=O) groups is 1. The number of allylic oxidation sites excluding steroid dienone is 1. The van der Waals surface area contributed by atoms with Crippen LogP contribution in [0, 0.1) is 5.82 Å². The zero-order chi connectivity index (χ0) is 21.1. The van der Waals surface area contributed by atoms with Crippen molar-refractivity contribution in [1.29, 1.82) is 0 Å². The highest BCUT2D eigenvalue weighted by molar-refractivity contribution is 6.65. The summed E-state index contributed by atoms with van der Waals surface area (Å²) in [4.78, 5) is 13.4. The number of rotatable bonds is 8. The molecule has 30 heavy (non-hydrogen) atoms. The van der Waals surface area contributed by atoms with Crippen LogP contribution in [-0.2, 0) is 17.6 Å². The third kappa shape index (κ3) is 4.59. The lowest BCUT2D eigenvalue weighted by molar-refractivity contribution is -0.115. The number of aryl methyl sites for hydroxylation is 2. The molecule has 0 aromatic heterocycles. The van der Waals surface area contributed by atoms with Gasteiger partial charge >= 0.3 is 0 Å². The van der Waals surface area contributed by atoms with Crippen LogP contribution in [0.4, 0.5) is 4.39 Å². The maximum Gasteiger partial charge on any atom is 0.248 e. The van der Waals surface area contributed by atoms with Crippen molar-refractivity contribution < 1.29 is 13.9 Å². The first kappa shape index (κ1) is 20.7. The summed E-state index contributed by atoms with van der Waals surface area (Å²) < 4.78 is 19.2. The van der Waals surface area contributed by atoms with Gasteiger partial charge in [-0.25, -0.2) is 4.39 Å². The Morgan fingerprint density at radius 2 is 2.10 bits per heavy atom. The smallest absolute Gasteiger partial charge is 0.248 e. The molecule has 1 aliphatic carbocycles. The highest BCUT2D eigenvalue weighted by Gasteiger charge is 2.28. The highest BCUT2D eigenvalue weighted by atomic mass is 35.5. The Morgan fingerprint density at radius 3 is 2.83 bits per heavy atom. The van der Waals surface area contributed by atoms with Crippen LogP contribution in [0.25, 0.3) is 5.57 Å². The first-order valence-electron chi connectivity index (χ1n) is 10.3. The number of fused-ring (bicyclic) bond motifs is 1.